The molecule has 1 N–H and O–H groups in total. The topological polar surface area (TPSA) is 41.6 Å². The lowest BCUT2D eigenvalue weighted by Crippen LogP contribution is -2.48. The normalized spacial score (nSPS) is 17.3. The summed E-state index contributed by atoms with van der Waals surface area (Å²) in [6.07, 6.45) is 3.51. The van der Waals surface area contributed by atoms with Crippen LogP contribution < -0.4 is 10.1 Å². The highest BCUT2D eigenvalue weighted by molar-refractivity contribution is 7.98. The van der Waals surface area contributed by atoms with Crippen LogP contribution in [0, 0.1) is 0 Å². The monoisotopic (exact) mass is 348 g/mol. The van der Waals surface area contributed by atoms with Crippen LogP contribution in [-0.4, -0.2) is 48.8 Å². The highest BCUT2D eigenvalue weighted by Gasteiger charge is 2.23. The first kappa shape index (κ1) is 18.9. The molecule has 1 aliphatic heterocycles. The van der Waals surface area contributed by atoms with Gasteiger partial charge in [0.2, 0.25) is 0 Å². The Kier molecular flexibility index (Phi) is 7.18. The SMILES string of the molecule is C=C(C)CN1CCC(NC(=O)C(C)Oc2ccc(SC)cc2)CC1. The summed E-state index contributed by atoms with van der Waals surface area (Å²) in [4.78, 5) is 15.9. The first-order valence-electron chi connectivity index (χ1n) is 8.45. The first-order valence-corrected chi connectivity index (χ1v) is 9.68. The molecule has 1 heterocycles. The van der Waals surface area contributed by atoms with E-state index in [2.05, 4.69) is 23.7 Å². The molecule has 24 heavy (non-hydrogen) atoms. The van der Waals surface area contributed by atoms with Crippen LogP contribution in [0.25, 0.3) is 0 Å². The van der Waals surface area contributed by atoms with Gasteiger partial charge in [-0.2, -0.15) is 0 Å². The molecule has 0 radical (unpaired) electrons. The van der Waals surface area contributed by atoms with Crippen molar-refractivity contribution < 1.29 is 9.53 Å². The minimum absolute atomic E-state index is 0.0395. The summed E-state index contributed by atoms with van der Waals surface area (Å²) in [6, 6.07) is 8.06. The molecule has 2 rings (SSSR count). The summed E-state index contributed by atoms with van der Waals surface area (Å²) in [5.41, 5.74) is 1.19. The second-order valence-electron chi connectivity index (χ2n) is 6.45. The van der Waals surface area contributed by atoms with Gasteiger partial charge in [0.15, 0.2) is 6.10 Å². The molecular weight excluding hydrogens is 320 g/mol. The maximum Gasteiger partial charge on any atom is 0.260 e. The first-order chi connectivity index (χ1) is 11.5. The Balaban J connectivity index is 1.76. The third kappa shape index (κ3) is 5.87. The third-order valence-electron chi connectivity index (χ3n) is 4.17. The van der Waals surface area contributed by atoms with E-state index in [1.165, 1.54) is 10.5 Å². The van der Waals surface area contributed by atoms with Crippen molar-refractivity contribution >= 4 is 17.7 Å². The minimum atomic E-state index is -0.487. The molecular formula is C19H28N2O2S. The average molecular weight is 349 g/mol. The maximum absolute atomic E-state index is 12.3. The number of carbonyl (C=O) groups excluding carboxylic acids is 1. The van der Waals surface area contributed by atoms with Crippen LogP contribution in [0.3, 0.4) is 0 Å². The number of hydrogen-bond donors (Lipinski definition) is 1. The van der Waals surface area contributed by atoms with Gasteiger partial charge >= 0.3 is 0 Å². The van der Waals surface area contributed by atoms with Gasteiger partial charge in [-0.1, -0.05) is 12.2 Å². The molecule has 1 fully saturated rings. The van der Waals surface area contributed by atoms with Crippen LogP contribution in [0.2, 0.25) is 0 Å². The highest BCUT2D eigenvalue weighted by Crippen LogP contribution is 2.20. The van der Waals surface area contributed by atoms with Gasteiger partial charge in [0, 0.05) is 30.6 Å². The summed E-state index contributed by atoms with van der Waals surface area (Å²) in [5.74, 6) is 0.689. The molecule has 5 heteroatoms. The Hall–Kier alpha value is -1.46. The van der Waals surface area contributed by atoms with Crippen molar-refractivity contribution in [3.63, 3.8) is 0 Å². The standard InChI is InChI=1S/C19H28N2O2S/c1-14(2)13-21-11-9-16(10-12-21)20-19(22)15(3)23-17-5-7-18(24-4)8-6-17/h5-8,15-16H,1,9-13H2,2-4H3,(H,20,22). The lowest BCUT2D eigenvalue weighted by atomic mass is 10.0. The summed E-state index contributed by atoms with van der Waals surface area (Å²) < 4.78 is 5.75. The Morgan fingerprint density at radius 3 is 2.54 bits per heavy atom. The number of thioether (sulfide) groups is 1. The van der Waals surface area contributed by atoms with E-state index in [1.807, 2.05) is 30.5 Å². The van der Waals surface area contributed by atoms with Crippen LogP contribution in [0.5, 0.6) is 5.75 Å². The minimum Gasteiger partial charge on any atom is -0.481 e. The number of carbonyl (C=O) groups is 1. The summed E-state index contributed by atoms with van der Waals surface area (Å²) in [6.45, 7) is 10.8. The predicted octanol–water partition coefficient (Wildman–Crippen LogP) is 3.33. The highest BCUT2D eigenvalue weighted by atomic mass is 32.2. The summed E-state index contributed by atoms with van der Waals surface area (Å²) >= 11 is 1.69. The van der Waals surface area contributed by atoms with Crippen LogP contribution in [0.15, 0.2) is 41.3 Å². The Bertz CT molecular complexity index is 551. The molecule has 0 saturated carbocycles. The van der Waals surface area contributed by atoms with E-state index in [9.17, 15) is 4.79 Å². The zero-order chi connectivity index (χ0) is 17.5. The van der Waals surface area contributed by atoms with Crippen molar-refractivity contribution in [1.82, 2.24) is 10.2 Å². The van der Waals surface area contributed by atoms with Crippen LogP contribution in [0.4, 0.5) is 0 Å². The molecule has 1 aliphatic rings. The maximum atomic E-state index is 12.3. The molecule has 1 saturated heterocycles. The fourth-order valence-electron chi connectivity index (χ4n) is 2.85. The second-order valence-corrected chi connectivity index (χ2v) is 7.33. The zero-order valence-corrected chi connectivity index (χ0v) is 15.7. The molecule has 4 nitrogen and oxygen atoms in total. The zero-order valence-electron chi connectivity index (χ0n) is 14.9. The van der Waals surface area contributed by atoms with Gasteiger partial charge in [-0.05, 0) is 57.2 Å². The number of ether oxygens (including phenoxy) is 1. The third-order valence-corrected chi connectivity index (χ3v) is 4.91. The van der Waals surface area contributed by atoms with Gasteiger partial charge in [-0.15, -0.1) is 11.8 Å². The Morgan fingerprint density at radius 2 is 2.00 bits per heavy atom. The predicted molar refractivity (Wildman–Crippen MR) is 101 cm³/mol. The number of piperidine rings is 1. The largest absolute Gasteiger partial charge is 0.481 e. The number of hydrogen-bond acceptors (Lipinski definition) is 4. The second kappa shape index (κ2) is 9.14. The van der Waals surface area contributed by atoms with Gasteiger partial charge in [-0.25, -0.2) is 0 Å². The molecule has 0 bridgehead atoms. The Labute approximate surface area is 149 Å². The van der Waals surface area contributed by atoms with E-state index >= 15 is 0 Å². The van der Waals surface area contributed by atoms with Crippen molar-refractivity contribution in [2.45, 2.75) is 43.7 Å². The number of rotatable bonds is 7. The number of amides is 1. The lowest BCUT2D eigenvalue weighted by molar-refractivity contribution is -0.128. The van der Waals surface area contributed by atoms with Crippen LogP contribution in [-0.2, 0) is 4.79 Å². The molecule has 1 amide bonds. The number of nitrogens with one attached hydrogen (secondary N) is 1. The number of benzene rings is 1. The number of likely N-dealkylation sites (tertiary alicyclic amines) is 1. The molecule has 0 spiro atoms. The average Bonchev–Trinajstić information content (AvgIpc) is 2.56. The van der Waals surface area contributed by atoms with Crippen molar-refractivity contribution in [1.29, 1.82) is 0 Å². The summed E-state index contributed by atoms with van der Waals surface area (Å²) in [5, 5.41) is 3.12. The van der Waals surface area contributed by atoms with E-state index in [-0.39, 0.29) is 11.9 Å². The van der Waals surface area contributed by atoms with E-state index in [4.69, 9.17) is 4.74 Å². The molecule has 0 aromatic heterocycles. The number of nitrogens with zero attached hydrogens (tertiary/aromatic N) is 1. The Morgan fingerprint density at radius 1 is 1.38 bits per heavy atom. The van der Waals surface area contributed by atoms with Crippen molar-refractivity contribution in [2.24, 2.45) is 0 Å². The van der Waals surface area contributed by atoms with Crippen molar-refractivity contribution in [3.8, 4) is 5.75 Å². The summed E-state index contributed by atoms with van der Waals surface area (Å²) in [7, 11) is 0. The molecule has 132 valence electrons. The molecule has 0 aliphatic carbocycles. The van der Waals surface area contributed by atoms with Crippen LogP contribution in [0.1, 0.15) is 26.7 Å². The van der Waals surface area contributed by atoms with Crippen LogP contribution >= 0.6 is 11.8 Å². The van der Waals surface area contributed by atoms with Gasteiger partial charge in [-0.3, -0.25) is 9.69 Å². The van der Waals surface area contributed by atoms with E-state index in [0.717, 1.165) is 38.2 Å². The molecule has 1 unspecified atom stereocenters. The fourth-order valence-corrected chi connectivity index (χ4v) is 3.26. The smallest absolute Gasteiger partial charge is 0.260 e. The molecule has 1 aromatic carbocycles. The van der Waals surface area contributed by atoms with Gasteiger partial charge in [0.05, 0.1) is 0 Å². The van der Waals surface area contributed by atoms with Gasteiger partial charge in [0.1, 0.15) is 5.75 Å². The van der Waals surface area contributed by atoms with Crippen molar-refractivity contribution in [2.75, 3.05) is 25.9 Å². The van der Waals surface area contributed by atoms with E-state index in [0.29, 0.717) is 0 Å². The van der Waals surface area contributed by atoms with Gasteiger partial charge in [0.25, 0.3) is 5.91 Å². The quantitative estimate of drug-likeness (QED) is 0.606. The lowest BCUT2D eigenvalue weighted by Gasteiger charge is -2.32. The molecule has 1 aromatic rings. The fraction of sp³-hybridized carbons (Fsp3) is 0.526. The van der Waals surface area contributed by atoms with Crippen molar-refractivity contribution in [3.05, 3.63) is 36.4 Å². The van der Waals surface area contributed by atoms with E-state index in [1.54, 1.807) is 18.7 Å². The van der Waals surface area contributed by atoms with Gasteiger partial charge < -0.3 is 10.1 Å². The molecule has 1 atom stereocenters. The van der Waals surface area contributed by atoms with E-state index < -0.39 is 6.10 Å².